The van der Waals surface area contributed by atoms with E-state index in [2.05, 4.69) is 36.3 Å². The number of hydrogen-bond donors (Lipinski definition) is 2. The van der Waals surface area contributed by atoms with Crippen LogP contribution in [0.25, 0.3) is 10.9 Å². The molecule has 3 N–H and O–H groups in total. The molecule has 1 aliphatic carbocycles. The second-order valence-electron chi connectivity index (χ2n) is 5.40. The molecule has 0 atom stereocenters. The fourth-order valence-corrected chi connectivity index (χ4v) is 3.02. The van der Waals surface area contributed by atoms with Gasteiger partial charge in [-0.15, -0.1) is 0 Å². The summed E-state index contributed by atoms with van der Waals surface area (Å²) in [5.74, 6) is 0.699. The molecule has 0 bridgehead atoms. The van der Waals surface area contributed by atoms with E-state index in [-0.39, 0.29) is 0 Å². The average Bonchev–Trinajstić information content (AvgIpc) is 2.73. The van der Waals surface area contributed by atoms with Gasteiger partial charge in [-0.1, -0.05) is 11.6 Å². The molecular weight excluding hydrogens is 208 g/mol. The minimum absolute atomic E-state index is 0.429. The average molecular weight is 228 g/mol. The highest BCUT2D eigenvalue weighted by molar-refractivity contribution is 5.84. The van der Waals surface area contributed by atoms with Gasteiger partial charge in [0.05, 0.1) is 0 Å². The lowest BCUT2D eigenvalue weighted by molar-refractivity contribution is 0.397. The fraction of sp³-hybridized carbons (Fsp3) is 0.467. The topological polar surface area (TPSA) is 41.8 Å². The third kappa shape index (κ3) is 1.98. The zero-order valence-corrected chi connectivity index (χ0v) is 10.4. The number of aryl methyl sites for hydroxylation is 1. The van der Waals surface area contributed by atoms with E-state index in [0.29, 0.717) is 12.0 Å². The van der Waals surface area contributed by atoms with Gasteiger partial charge in [0.15, 0.2) is 0 Å². The lowest BCUT2D eigenvalue weighted by Gasteiger charge is -2.25. The molecule has 1 fully saturated rings. The molecule has 90 valence electrons. The molecule has 2 aromatic rings. The number of rotatable bonds is 1. The van der Waals surface area contributed by atoms with Gasteiger partial charge in [-0.2, -0.15) is 0 Å². The Morgan fingerprint density at radius 2 is 1.94 bits per heavy atom. The van der Waals surface area contributed by atoms with Crippen LogP contribution in [0.5, 0.6) is 0 Å². The number of nitrogens with two attached hydrogens (primary N) is 1. The first-order valence-corrected chi connectivity index (χ1v) is 6.57. The largest absolute Gasteiger partial charge is 0.361 e. The summed E-state index contributed by atoms with van der Waals surface area (Å²) in [6, 6.07) is 7.08. The monoisotopic (exact) mass is 228 g/mol. The Morgan fingerprint density at radius 1 is 1.18 bits per heavy atom. The second kappa shape index (κ2) is 4.19. The summed E-state index contributed by atoms with van der Waals surface area (Å²) in [5.41, 5.74) is 10.1. The molecule has 0 spiro atoms. The van der Waals surface area contributed by atoms with Gasteiger partial charge in [0.25, 0.3) is 0 Å². The Hall–Kier alpha value is -1.28. The third-order valence-electron chi connectivity index (χ3n) is 4.08. The molecule has 0 radical (unpaired) electrons. The fourth-order valence-electron chi connectivity index (χ4n) is 3.02. The van der Waals surface area contributed by atoms with Crippen LogP contribution in [0, 0.1) is 6.92 Å². The number of benzene rings is 1. The minimum atomic E-state index is 0.429. The summed E-state index contributed by atoms with van der Waals surface area (Å²) in [6.07, 6.45) is 7.02. The molecule has 0 amide bonds. The summed E-state index contributed by atoms with van der Waals surface area (Å²) in [7, 11) is 0. The molecule has 17 heavy (non-hydrogen) atoms. The van der Waals surface area contributed by atoms with Crippen molar-refractivity contribution in [2.24, 2.45) is 5.73 Å². The Kier molecular flexibility index (Phi) is 2.67. The van der Waals surface area contributed by atoms with Crippen molar-refractivity contribution in [1.29, 1.82) is 0 Å². The van der Waals surface area contributed by atoms with Gasteiger partial charge in [0.2, 0.25) is 0 Å². The summed E-state index contributed by atoms with van der Waals surface area (Å²) in [5, 5.41) is 1.41. The first-order valence-electron chi connectivity index (χ1n) is 6.57. The van der Waals surface area contributed by atoms with Gasteiger partial charge < -0.3 is 10.7 Å². The maximum Gasteiger partial charge on any atom is 0.0457 e. The smallest absolute Gasteiger partial charge is 0.0457 e. The molecule has 2 heteroatoms. The molecule has 1 aromatic heterocycles. The molecule has 0 aliphatic heterocycles. The van der Waals surface area contributed by atoms with Gasteiger partial charge in [0.1, 0.15) is 0 Å². The number of fused-ring (bicyclic) bond motifs is 1. The van der Waals surface area contributed by atoms with E-state index in [1.807, 2.05) is 0 Å². The predicted octanol–water partition coefficient (Wildman–Crippen LogP) is 3.46. The van der Waals surface area contributed by atoms with Crippen molar-refractivity contribution < 1.29 is 0 Å². The van der Waals surface area contributed by atoms with Crippen LogP contribution >= 0.6 is 0 Å². The molecule has 1 heterocycles. The van der Waals surface area contributed by atoms with Crippen LogP contribution in [0.1, 0.15) is 42.7 Å². The SMILES string of the molecule is Cc1ccc2[nH]cc(C3CCC(N)CC3)c2c1. The number of hydrogen-bond acceptors (Lipinski definition) is 1. The Labute approximate surface area is 102 Å². The van der Waals surface area contributed by atoms with E-state index in [9.17, 15) is 0 Å². The Balaban J connectivity index is 1.97. The van der Waals surface area contributed by atoms with E-state index in [1.165, 1.54) is 47.7 Å². The van der Waals surface area contributed by atoms with E-state index in [1.54, 1.807) is 0 Å². The van der Waals surface area contributed by atoms with Gasteiger partial charge >= 0.3 is 0 Å². The third-order valence-corrected chi connectivity index (χ3v) is 4.08. The Morgan fingerprint density at radius 3 is 2.71 bits per heavy atom. The van der Waals surface area contributed by atoms with Crippen molar-refractivity contribution in [1.82, 2.24) is 4.98 Å². The maximum atomic E-state index is 5.98. The van der Waals surface area contributed by atoms with E-state index >= 15 is 0 Å². The first-order chi connectivity index (χ1) is 8.24. The van der Waals surface area contributed by atoms with Crippen LogP contribution in [0.15, 0.2) is 24.4 Å². The standard InChI is InChI=1S/C15H20N2/c1-10-2-7-15-13(8-10)14(9-17-15)11-3-5-12(16)6-4-11/h2,7-9,11-12,17H,3-6,16H2,1H3. The maximum absolute atomic E-state index is 5.98. The second-order valence-corrected chi connectivity index (χ2v) is 5.40. The summed E-state index contributed by atoms with van der Waals surface area (Å²) in [4.78, 5) is 3.39. The highest BCUT2D eigenvalue weighted by Gasteiger charge is 2.22. The van der Waals surface area contributed by atoms with Gasteiger partial charge in [0, 0.05) is 23.1 Å². The van der Waals surface area contributed by atoms with Gasteiger partial charge in [-0.3, -0.25) is 0 Å². The highest BCUT2D eigenvalue weighted by atomic mass is 14.7. The quantitative estimate of drug-likeness (QED) is 0.771. The molecule has 0 unspecified atom stereocenters. The zero-order valence-electron chi connectivity index (χ0n) is 10.4. The van der Waals surface area contributed by atoms with E-state index in [0.717, 1.165) is 0 Å². The number of nitrogens with one attached hydrogen (secondary N) is 1. The van der Waals surface area contributed by atoms with Gasteiger partial charge in [-0.25, -0.2) is 0 Å². The van der Waals surface area contributed by atoms with Crippen molar-refractivity contribution in [3.8, 4) is 0 Å². The van der Waals surface area contributed by atoms with Crippen molar-refractivity contribution in [2.45, 2.75) is 44.6 Å². The zero-order chi connectivity index (χ0) is 11.8. The molecule has 0 saturated heterocycles. The molecule has 1 saturated carbocycles. The summed E-state index contributed by atoms with van der Waals surface area (Å²) < 4.78 is 0. The predicted molar refractivity (Wildman–Crippen MR) is 72.2 cm³/mol. The van der Waals surface area contributed by atoms with Crippen LogP contribution in [-0.2, 0) is 0 Å². The number of aromatic nitrogens is 1. The minimum Gasteiger partial charge on any atom is -0.361 e. The first kappa shape index (κ1) is 10.8. The van der Waals surface area contributed by atoms with E-state index in [4.69, 9.17) is 5.73 Å². The van der Waals surface area contributed by atoms with Gasteiger partial charge in [-0.05, 0) is 56.2 Å². The molecular formula is C15H20N2. The lowest BCUT2D eigenvalue weighted by Crippen LogP contribution is -2.25. The van der Waals surface area contributed by atoms with Crippen molar-refractivity contribution in [2.75, 3.05) is 0 Å². The van der Waals surface area contributed by atoms with Crippen LogP contribution in [0.2, 0.25) is 0 Å². The van der Waals surface area contributed by atoms with Crippen molar-refractivity contribution in [3.05, 3.63) is 35.5 Å². The summed E-state index contributed by atoms with van der Waals surface area (Å²) >= 11 is 0. The molecule has 3 rings (SSSR count). The highest BCUT2D eigenvalue weighted by Crippen LogP contribution is 2.36. The molecule has 1 aliphatic rings. The van der Waals surface area contributed by atoms with Crippen LogP contribution in [0.3, 0.4) is 0 Å². The van der Waals surface area contributed by atoms with Crippen molar-refractivity contribution in [3.63, 3.8) is 0 Å². The summed E-state index contributed by atoms with van der Waals surface area (Å²) in [6.45, 7) is 2.16. The van der Waals surface area contributed by atoms with E-state index < -0.39 is 0 Å². The van der Waals surface area contributed by atoms with Crippen molar-refractivity contribution >= 4 is 10.9 Å². The molecule has 2 nitrogen and oxygen atoms in total. The van der Waals surface area contributed by atoms with Crippen LogP contribution in [-0.4, -0.2) is 11.0 Å². The van der Waals surface area contributed by atoms with Crippen LogP contribution in [0.4, 0.5) is 0 Å². The lowest BCUT2D eigenvalue weighted by atomic mass is 9.82. The molecule has 1 aromatic carbocycles. The number of aromatic amines is 1. The van der Waals surface area contributed by atoms with Crippen LogP contribution < -0.4 is 5.73 Å². The normalized spacial score (nSPS) is 25.3. The Bertz CT molecular complexity index is 519. The number of H-pyrrole nitrogens is 1.